The number of ether oxygens (including phenoxy) is 1. The lowest BCUT2D eigenvalue weighted by atomic mass is 9.93. The second-order valence-electron chi connectivity index (χ2n) is 6.26. The van der Waals surface area contributed by atoms with Crippen LogP contribution in [0.4, 0.5) is 13.2 Å². The van der Waals surface area contributed by atoms with E-state index in [1.165, 1.54) is 12.1 Å². The van der Waals surface area contributed by atoms with Gasteiger partial charge in [-0.15, -0.1) is 13.2 Å². The Hall–Kier alpha value is -1.27. The highest BCUT2D eigenvalue weighted by molar-refractivity contribution is 5.31. The Morgan fingerprint density at radius 3 is 2.62 bits per heavy atom. The maximum Gasteiger partial charge on any atom is 0.573 e. The maximum atomic E-state index is 12.3. The fraction of sp³-hybridized carbons (Fsp3) is 0.600. The Morgan fingerprint density at radius 2 is 2.10 bits per heavy atom. The van der Waals surface area contributed by atoms with Gasteiger partial charge in [-0.2, -0.15) is 0 Å². The van der Waals surface area contributed by atoms with E-state index in [9.17, 15) is 13.2 Å². The third-order valence-corrected chi connectivity index (χ3v) is 3.85. The van der Waals surface area contributed by atoms with Crippen LogP contribution >= 0.6 is 0 Å². The van der Waals surface area contributed by atoms with Crippen molar-refractivity contribution in [1.82, 2.24) is 4.90 Å². The van der Waals surface area contributed by atoms with Gasteiger partial charge in [0.1, 0.15) is 5.75 Å². The van der Waals surface area contributed by atoms with Crippen LogP contribution in [0.5, 0.6) is 5.75 Å². The molecule has 0 aliphatic carbocycles. The summed E-state index contributed by atoms with van der Waals surface area (Å²) >= 11 is 0. The van der Waals surface area contributed by atoms with Crippen molar-refractivity contribution >= 4 is 0 Å². The van der Waals surface area contributed by atoms with Gasteiger partial charge in [0.05, 0.1) is 0 Å². The number of nitrogens with zero attached hydrogens (tertiary/aromatic N) is 1. The van der Waals surface area contributed by atoms with Crippen LogP contribution in [-0.2, 0) is 0 Å². The lowest BCUT2D eigenvalue weighted by Gasteiger charge is -2.28. The van der Waals surface area contributed by atoms with Crippen molar-refractivity contribution in [3.63, 3.8) is 0 Å². The van der Waals surface area contributed by atoms with Crippen molar-refractivity contribution in [3.8, 4) is 5.75 Å². The fourth-order valence-electron chi connectivity index (χ4n) is 2.84. The molecule has 1 unspecified atom stereocenters. The normalized spacial score (nSPS) is 20.5. The summed E-state index contributed by atoms with van der Waals surface area (Å²) in [5.74, 6) is -0.197. The second-order valence-corrected chi connectivity index (χ2v) is 6.26. The molecule has 21 heavy (non-hydrogen) atoms. The Bertz CT molecular complexity index is 488. The topological polar surface area (TPSA) is 38.5 Å². The molecule has 0 radical (unpaired) electrons. The minimum Gasteiger partial charge on any atom is -0.406 e. The summed E-state index contributed by atoms with van der Waals surface area (Å²) in [7, 11) is 0. The predicted octanol–water partition coefficient (Wildman–Crippen LogP) is 3.32. The lowest BCUT2D eigenvalue weighted by molar-refractivity contribution is -0.274. The molecule has 1 atom stereocenters. The minimum atomic E-state index is -4.67. The highest BCUT2D eigenvalue weighted by Gasteiger charge is 2.34. The van der Waals surface area contributed by atoms with Gasteiger partial charge in [-0.3, -0.25) is 4.90 Å². The zero-order chi connectivity index (χ0) is 15.7. The van der Waals surface area contributed by atoms with Crippen molar-refractivity contribution in [2.45, 2.75) is 32.7 Å². The summed E-state index contributed by atoms with van der Waals surface area (Å²) in [5, 5.41) is 0. The fourth-order valence-corrected chi connectivity index (χ4v) is 2.84. The molecule has 1 aromatic rings. The van der Waals surface area contributed by atoms with Crippen LogP contribution in [-0.4, -0.2) is 30.9 Å². The van der Waals surface area contributed by atoms with Crippen molar-refractivity contribution in [2.75, 3.05) is 19.6 Å². The van der Waals surface area contributed by atoms with Gasteiger partial charge in [-0.1, -0.05) is 26.0 Å². The zero-order valence-corrected chi connectivity index (χ0v) is 12.3. The van der Waals surface area contributed by atoms with Crippen LogP contribution in [0, 0.1) is 5.41 Å². The molecule has 118 valence electrons. The Balaban J connectivity index is 2.17. The Kier molecular flexibility index (Phi) is 4.49. The standard InChI is InChI=1S/C15H21F3N2O/c1-14(2)6-7-20(10-14)13(9-19)11-4-3-5-12(8-11)21-15(16,17)18/h3-5,8,13H,6-7,9-10,19H2,1-2H3. The molecule has 6 heteroatoms. The second kappa shape index (κ2) is 5.85. The predicted molar refractivity (Wildman–Crippen MR) is 74.9 cm³/mol. The van der Waals surface area contributed by atoms with Crippen molar-refractivity contribution < 1.29 is 17.9 Å². The molecule has 0 spiro atoms. The van der Waals surface area contributed by atoms with Gasteiger partial charge in [-0.25, -0.2) is 0 Å². The SMILES string of the molecule is CC1(C)CCN(C(CN)c2cccc(OC(F)(F)F)c2)C1. The first-order chi connectivity index (χ1) is 9.70. The van der Waals surface area contributed by atoms with E-state index in [-0.39, 0.29) is 17.2 Å². The third kappa shape index (κ3) is 4.35. The van der Waals surface area contributed by atoms with E-state index in [1.54, 1.807) is 12.1 Å². The highest BCUT2D eigenvalue weighted by atomic mass is 19.4. The van der Waals surface area contributed by atoms with Crippen molar-refractivity contribution in [1.29, 1.82) is 0 Å². The first-order valence-electron chi connectivity index (χ1n) is 7.00. The number of hydrogen-bond acceptors (Lipinski definition) is 3. The van der Waals surface area contributed by atoms with Crippen molar-refractivity contribution in [2.24, 2.45) is 11.1 Å². The van der Waals surface area contributed by atoms with Gasteiger partial charge in [0.2, 0.25) is 0 Å². The molecule has 3 nitrogen and oxygen atoms in total. The summed E-state index contributed by atoms with van der Waals surface area (Å²) in [4.78, 5) is 2.23. The van der Waals surface area contributed by atoms with Crippen LogP contribution in [0.1, 0.15) is 31.9 Å². The molecule has 2 rings (SSSR count). The quantitative estimate of drug-likeness (QED) is 0.927. The first-order valence-corrected chi connectivity index (χ1v) is 7.00. The van der Waals surface area contributed by atoms with Crippen LogP contribution in [0.25, 0.3) is 0 Å². The molecule has 1 saturated heterocycles. The van der Waals surface area contributed by atoms with E-state index in [1.807, 2.05) is 0 Å². The molecule has 0 bridgehead atoms. The van der Waals surface area contributed by atoms with E-state index in [2.05, 4.69) is 23.5 Å². The number of benzene rings is 1. The number of nitrogens with two attached hydrogens (primary N) is 1. The molecule has 1 aliphatic heterocycles. The summed E-state index contributed by atoms with van der Waals surface area (Å²) in [6.07, 6.45) is -3.62. The average molecular weight is 302 g/mol. The molecule has 0 amide bonds. The maximum absolute atomic E-state index is 12.3. The van der Waals surface area contributed by atoms with Crippen LogP contribution in [0.15, 0.2) is 24.3 Å². The van der Waals surface area contributed by atoms with Gasteiger partial charge in [0.15, 0.2) is 0 Å². The summed E-state index contributed by atoms with van der Waals surface area (Å²) < 4.78 is 40.9. The van der Waals surface area contributed by atoms with Gasteiger partial charge >= 0.3 is 6.36 Å². The van der Waals surface area contributed by atoms with E-state index in [0.29, 0.717) is 6.54 Å². The first kappa shape index (κ1) is 16.1. The Labute approximate surface area is 122 Å². The van der Waals surface area contributed by atoms with Gasteiger partial charge in [0.25, 0.3) is 0 Å². The van der Waals surface area contributed by atoms with Gasteiger partial charge in [0, 0.05) is 19.1 Å². The van der Waals surface area contributed by atoms with Crippen LogP contribution in [0.3, 0.4) is 0 Å². The lowest BCUT2D eigenvalue weighted by Crippen LogP contribution is -2.33. The third-order valence-electron chi connectivity index (χ3n) is 3.85. The van der Waals surface area contributed by atoms with Gasteiger partial charge in [-0.05, 0) is 36.1 Å². The molecule has 1 aromatic carbocycles. The largest absolute Gasteiger partial charge is 0.573 e. The molecule has 2 N–H and O–H groups in total. The summed E-state index contributed by atoms with van der Waals surface area (Å²) in [6, 6.07) is 6.02. The van der Waals surface area contributed by atoms with Crippen LogP contribution < -0.4 is 10.5 Å². The Morgan fingerprint density at radius 1 is 1.38 bits per heavy atom. The summed E-state index contributed by atoms with van der Waals surface area (Å²) in [6.45, 7) is 6.53. The van der Waals surface area contributed by atoms with Gasteiger partial charge < -0.3 is 10.5 Å². The summed E-state index contributed by atoms with van der Waals surface area (Å²) in [5.41, 5.74) is 6.82. The number of likely N-dealkylation sites (tertiary alicyclic amines) is 1. The number of hydrogen-bond donors (Lipinski definition) is 1. The van der Waals surface area contributed by atoms with Crippen LogP contribution in [0.2, 0.25) is 0 Å². The van der Waals surface area contributed by atoms with E-state index < -0.39 is 6.36 Å². The molecule has 1 fully saturated rings. The molecular weight excluding hydrogens is 281 g/mol. The molecular formula is C15H21F3N2O. The van der Waals surface area contributed by atoms with E-state index in [0.717, 1.165) is 25.1 Å². The highest BCUT2D eigenvalue weighted by Crippen LogP contribution is 2.35. The number of rotatable bonds is 4. The molecule has 1 heterocycles. The number of halogens is 3. The molecule has 0 saturated carbocycles. The smallest absolute Gasteiger partial charge is 0.406 e. The van der Waals surface area contributed by atoms with Crippen molar-refractivity contribution in [3.05, 3.63) is 29.8 Å². The molecule has 1 aliphatic rings. The van der Waals surface area contributed by atoms with E-state index in [4.69, 9.17) is 5.73 Å². The van der Waals surface area contributed by atoms with E-state index >= 15 is 0 Å². The monoisotopic (exact) mass is 302 g/mol. The number of alkyl halides is 3. The average Bonchev–Trinajstić information content (AvgIpc) is 2.69. The minimum absolute atomic E-state index is 0.0800. The zero-order valence-electron chi connectivity index (χ0n) is 12.3. The molecule has 0 aromatic heterocycles.